The SMILES string of the molecule is C.C=CC(C)c1nc(-c2ccccc2S(N)(=O)=O)c(-c2ccccc2)o1.NC(=O)S.NC(=O)S.O. The normalized spacial score (nSPS) is 10.5. The third-order valence-electron chi connectivity index (χ3n) is 3.87. The molecular formula is C22H30N4O6S3. The van der Waals surface area contributed by atoms with Crippen LogP contribution in [-0.4, -0.2) is 29.4 Å². The Balaban J connectivity index is 0. The monoisotopic (exact) mass is 542 g/mol. The standard InChI is InChI=1S/C19H18N2O3S.2CH3NOS.CH4.H2O/c1-3-13(2)19-21-17(18(24-19)14-9-5-4-6-10-14)15-11-7-8-12-16(15)25(20,22)23;2*2-1(3)4;;/h3-13H,1H2,2H3,(H2,20,22,23);2*(H3,2,3,4);1H4;1H2. The first-order valence-electron chi connectivity index (χ1n) is 9.16. The molecule has 2 amide bonds. The van der Waals surface area contributed by atoms with Gasteiger partial charge < -0.3 is 21.4 Å². The number of sulfonamides is 1. The molecule has 3 rings (SSSR count). The molecule has 0 fully saturated rings. The van der Waals surface area contributed by atoms with Crippen LogP contribution in [0, 0.1) is 0 Å². The number of rotatable bonds is 5. The first kappa shape index (κ1) is 34.1. The number of aromatic nitrogens is 1. The van der Waals surface area contributed by atoms with E-state index >= 15 is 0 Å². The van der Waals surface area contributed by atoms with Crippen LogP contribution >= 0.6 is 25.3 Å². The predicted octanol–water partition coefficient (Wildman–Crippen LogP) is 3.75. The highest BCUT2D eigenvalue weighted by molar-refractivity contribution is 7.96. The minimum atomic E-state index is -3.90. The fourth-order valence-corrected chi connectivity index (χ4v) is 3.25. The molecule has 0 radical (unpaired) electrons. The quantitative estimate of drug-likeness (QED) is 0.240. The lowest BCUT2D eigenvalue weighted by molar-refractivity contribution is 0.266. The molecule has 1 heterocycles. The predicted molar refractivity (Wildman–Crippen MR) is 145 cm³/mol. The van der Waals surface area contributed by atoms with E-state index in [-0.39, 0.29) is 23.7 Å². The van der Waals surface area contributed by atoms with Crippen molar-refractivity contribution in [3.8, 4) is 22.6 Å². The van der Waals surface area contributed by atoms with Crippen molar-refractivity contribution in [3.63, 3.8) is 0 Å². The van der Waals surface area contributed by atoms with Crippen LogP contribution in [0.3, 0.4) is 0 Å². The molecule has 0 saturated carbocycles. The van der Waals surface area contributed by atoms with Crippen LogP contribution in [-0.2, 0) is 10.0 Å². The summed E-state index contributed by atoms with van der Waals surface area (Å²) in [7, 11) is -3.90. The van der Waals surface area contributed by atoms with Gasteiger partial charge in [-0.15, -0.1) is 6.58 Å². The number of carbonyl (C=O) groups is 2. The number of benzene rings is 2. The van der Waals surface area contributed by atoms with Gasteiger partial charge in [0, 0.05) is 11.1 Å². The minimum absolute atomic E-state index is 0. The maximum atomic E-state index is 12.0. The maximum Gasteiger partial charge on any atom is 0.273 e. The van der Waals surface area contributed by atoms with Gasteiger partial charge in [-0.2, -0.15) is 0 Å². The van der Waals surface area contributed by atoms with Gasteiger partial charge in [-0.05, 0) is 6.07 Å². The number of allylic oxidation sites excluding steroid dienone is 1. The van der Waals surface area contributed by atoms with E-state index in [4.69, 9.17) is 19.1 Å². The van der Waals surface area contributed by atoms with Crippen LogP contribution in [0.1, 0.15) is 26.2 Å². The number of hydrogen-bond donors (Lipinski definition) is 5. The van der Waals surface area contributed by atoms with E-state index < -0.39 is 20.5 Å². The van der Waals surface area contributed by atoms with Crippen LogP contribution in [0.2, 0.25) is 0 Å². The molecule has 8 N–H and O–H groups in total. The van der Waals surface area contributed by atoms with Crippen LogP contribution in [0.25, 0.3) is 22.6 Å². The Labute approximate surface area is 215 Å². The summed E-state index contributed by atoms with van der Waals surface area (Å²) in [5.74, 6) is 0.853. The van der Waals surface area contributed by atoms with Crippen LogP contribution in [0.5, 0.6) is 0 Å². The molecule has 1 aromatic heterocycles. The molecule has 13 heteroatoms. The topological polar surface area (TPSA) is 204 Å². The molecule has 2 aromatic carbocycles. The third kappa shape index (κ3) is 11.2. The van der Waals surface area contributed by atoms with Crippen LogP contribution in [0.4, 0.5) is 9.59 Å². The summed E-state index contributed by atoms with van der Waals surface area (Å²) in [6, 6.07) is 15.9. The van der Waals surface area contributed by atoms with E-state index in [2.05, 4.69) is 48.3 Å². The first-order valence-corrected chi connectivity index (χ1v) is 11.6. The summed E-state index contributed by atoms with van der Waals surface area (Å²) in [5.41, 5.74) is 10.3. The second-order valence-corrected chi connectivity index (χ2v) is 8.75. The van der Waals surface area contributed by atoms with Crippen molar-refractivity contribution >= 4 is 45.8 Å². The largest absolute Gasteiger partial charge is 0.439 e. The number of nitrogens with zero attached hydrogens (tertiary/aromatic N) is 1. The zero-order chi connectivity index (χ0) is 25.2. The number of oxazole rings is 1. The van der Waals surface area contributed by atoms with E-state index in [9.17, 15) is 8.42 Å². The van der Waals surface area contributed by atoms with Gasteiger partial charge >= 0.3 is 0 Å². The van der Waals surface area contributed by atoms with Crippen LogP contribution in [0.15, 0.2) is 76.6 Å². The van der Waals surface area contributed by atoms with Gasteiger partial charge in [-0.3, -0.25) is 9.59 Å². The molecule has 0 aliphatic heterocycles. The first-order chi connectivity index (χ1) is 15.4. The zero-order valence-electron chi connectivity index (χ0n) is 18.1. The molecule has 1 unspecified atom stereocenters. The molecule has 0 bridgehead atoms. The van der Waals surface area contributed by atoms with E-state index in [0.29, 0.717) is 22.9 Å². The third-order valence-corrected chi connectivity index (χ3v) is 4.84. The smallest absolute Gasteiger partial charge is 0.273 e. The average Bonchev–Trinajstić information content (AvgIpc) is 3.18. The van der Waals surface area contributed by atoms with Gasteiger partial charge in [0.1, 0.15) is 5.69 Å². The molecule has 0 aliphatic carbocycles. The zero-order valence-corrected chi connectivity index (χ0v) is 20.7. The second-order valence-electron chi connectivity index (χ2n) is 6.34. The highest BCUT2D eigenvalue weighted by Gasteiger charge is 2.23. The molecule has 1 atom stereocenters. The number of amides is 2. The summed E-state index contributed by atoms with van der Waals surface area (Å²) in [6.45, 7) is 5.67. The number of carbonyl (C=O) groups excluding carboxylic acids is 2. The van der Waals surface area contributed by atoms with Crippen molar-refractivity contribution in [2.24, 2.45) is 16.6 Å². The summed E-state index contributed by atoms with van der Waals surface area (Å²) in [5, 5.41) is 4.10. The summed E-state index contributed by atoms with van der Waals surface area (Å²) in [6.07, 6.45) is 1.72. The average molecular weight is 543 g/mol. The Hall–Kier alpha value is -3.10. The Morgan fingerprint density at radius 2 is 1.49 bits per heavy atom. The van der Waals surface area contributed by atoms with Crippen molar-refractivity contribution in [1.29, 1.82) is 0 Å². The number of nitrogens with two attached hydrogens (primary N) is 3. The molecule has 0 aliphatic rings. The molecule has 35 heavy (non-hydrogen) atoms. The van der Waals surface area contributed by atoms with Gasteiger partial charge in [0.25, 0.3) is 10.5 Å². The fourth-order valence-electron chi connectivity index (χ4n) is 2.51. The lowest BCUT2D eigenvalue weighted by atomic mass is 10.1. The van der Waals surface area contributed by atoms with E-state index in [1.54, 1.807) is 24.3 Å². The molecule has 0 saturated heterocycles. The Morgan fingerprint density at radius 1 is 1.03 bits per heavy atom. The van der Waals surface area contributed by atoms with Gasteiger partial charge in [0.2, 0.25) is 15.9 Å². The summed E-state index contributed by atoms with van der Waals surface area (Å²) in [4.78, 5) is 22.7. The van der Waals surface area contributed by atoms with E-state index in [1.165, 1.54) is 6.07 Å². The minimum Gasteiger partial charge on any atom is -0.439 e. The lowest BCUT2D eigenvalue weighted by Crippen LogP contribution is -2.13. The van der Waals surface area contributed by atoms with E-state index in [0.717, 1.165) is 5.56 Å². The molecule has 3 aromatic rings. The number of hydrogen-bond acceptors (Lipinski definition) is 6. The molecule has 192 valence electrons. The molecule has 10 nitrogen and oxygen atoms in total. The van der Waals surface area contributed by atoms with Crippen molar-refractivity contribution in [3.05, 3.63) is 73.1 Å². The lowest BCUT2D eigenvalue weighted by Gasteiger charge is -2.06. The van der Waals surface area contributed by atoms with E-state index in [1.807, 2.05) is 37.3 Å². The van der Waals surface area contributed by atoms with Gasteiger partial charge in [0.15, 0.2) is 5.76 Å². The van der Waals surface area contributed by atoms with Crippen molar-refractivity contribution < 1.29 is 27.9 Å². The second kappa shape index (κ2) is 15.7. The highest BCUT2D eigenvalue weighted by Crippen LogP contribution is 2.37. The molecule has 0 spiro atoms. The van der Waals surface area contributed by atoms with Crippen molar-refractivity contribution in [2.45, 2.75) is 25.2 Å². The maximum absolute atomic E-state index is 12.0. The van der Waals surface area contributed by atoms with Gasteiger partial charge in [-0.25, -0.2) is 18.5 Å². The fraction of sp³-hybridized carbons (Fsp3) is 0.136. The number of primary sulfonamides is 1. The van der Waals surface area contributed by atoms with Gasteiger partial charge in [0.05, 0.1) is 10.8 Å². The Bertz CT molecular complexity index is 1190. The number of thiol groups is 2. The Kier molecular flexibility index (Phi) is 15.3. The number of primary amides is 2. The summed E-state index contributed by atoms with van der Waals surface area (Å²) >= 11 is 6.21. The van der Waals surface area contributed by atoms with Gasteiger partial charge in [-0.1, -0.05) is 94.2 Å². The van der Waals surface area contributed by atoms with Crippen molar-refractivity contribution in [2.75, 3.05) is 0 Å². The Morgan fingerprint density at radius 3 is 1.94 bits per heavy atom. The summed E-state index contributed by atoms with van der Waals surface area (Å²) < 4.78 is 29.9. The van der Waals surface area contributed by atoms with Crippen molar-refractivity contribution in [1.82, 2.24) is 4.98 Å². The van der Waals surface area contributed by atoms with Crippen LogP contribution < -0.4 is 16.6 Å². The highest BCUT2D eigenvalue weighted by atomic mass is 32.2. The molecular weight excluding hydrogens is 512 g/mol.